The van der Waals surface area contributed by atoms with E-state index in [9.17, 15) is 4.79 Å². The van der Waals surface area contributed by atoms with Crippen molar-refractivity contribution in [3.05, 3.63) is 53.7 Å². The second-order valence-corrected chi connectivity index (χ2v) is 7.21. The van der Waals surface area contributed by atoms with Crippen LogP contribution in [0.5, 0.6) is 0 Å². The SMILES string of the molecule is CN(C)c1ncccc1N(C)C(=O)C1CC12CCc1ccccc12. The highest BCUT2D eigenvalue weighted by Crippen LogP contribution is 2.62. The molecule has 1 spiro atoms. The van der Waals surface area contributed by atoms with Crippen LogP contribution >= 0.6 is 0 Å². The minimum Gasteiger partial charge on any atom is -0.361 e. The van der Waals surface area contributed by atoms with Crippen molar-refractivity contribution in [1.29, 1.82) is 0 Å². The van der Waals surface area contributed by atoms with Crippen molar-refractivity contribution in [3.63, 3.8) is 0 Å². The molecule has 0 aliphatic heterocycles. The predicted octanol–water partition coefficient (Wildman–Crippen LogP) is 3.01. The fourth-order valence-corrected chi connectivity index (χ4v) is 4.27. The van der Waals surface area contributed by atoms with Crippen LogP contribution in [0.15, 0.2) is 42.6 Å². The molecule has 0 bridgehead atoms. The summed E-state index contributed by atoms with van der Waals surface area (Å²) in [4.78, 5) is 21.3. The highest BCUT2D eigenvalue weighted by molar-refractivity contribution is 6.00. The van der Waals surface area contributed by atoms with Crippen LogP contribution in [0.25, 0.3) is 0 Å². The maximum absolute atomic E-state index is 13.1. The highest BCUT2D eigenvalue weighted by atomic mass is 16.2. The smallest absolute Gasteiger partial charge is 0.230 e. The van der Waals surface area contributed by atoms with E-state index in [-0.39, 0.29) is 17.2 Å². The number of hydrogen-bond donors (Lipinski definition) is 0. The van der Waals surface area contributed by atoms with Gasteiger partial charge in [0, 0.05) is 38.7 Å². The number of carbonyl (C=O) groups excluding carboxylic acids is 1. The first-order chi connectivity index (χ1) is 11.5. The Kier molecular flexibility index (Phi) is 3.37. The molecule has 1 saturated carbocycles. The number of hydrogen-bond acceptors (Lipinski definition) is 3. The zero-order valence-electron chi connectivity index (χ0n) is 14.5. The van der Waals surface area contributed by atoms with Crippen LogP contribution < -0.4 is 9.80 Å². The number of nitrogens with zero attached hydrogens (tertiary/aromatic N) is 3. The van der Waals surface area contributed by atoms with Gasteiger partial charge in [0.2, 0.25) is 5.91 Å². The van der Waals surface area contributed by atoms with E-state index in [1.807, 2.05) is 38.2 Å². The molecule has 1 aromatic carbocycles. The van der Waals surface area contributed by atoms with Gasteiger partial charge in [0.25, 0.3) is 0 Å². The molecular formula is C20H23N3O. The normalized spacial score (nSPS) is 23.9. The van der Waals surface area contributed by atoms with E-state index >= 15 is 0 Å². The second-order valence-electron chi connectivity index (χ2n) is 7.21. The van der Waals surface area contributed by atoms with Gasteiger partial charge < -0.3 is 9.80 Å². The van der Waals surface area contributed by atoms with Gasteiger partial charge in [-0.05, 0) is 42.5 Å². The lowest BCUT2D eigenvalue weighted by atomic mass is 9.95. The number of anilines is 2. The summed E-state index contributed by atoms with van der Waals surface area (Å²) in [6.07, 6.45) is 4.94. The summed E-state index contributed by atoms with van der Waals surface area (Å²) in [6, 6.07) is 12.5. The molecule has 2 atom stereocenters. The van der Waals surface area contributed by atoms with Crippen molar-refractivity contribution in [2.45, 2.75) is 24.7 Å². The Hall–Kier alpha value is -2.36. The number of aryl methyl sites for hydroxylation is 1. The molecule has 4 heteroatoms. The fraction of sp³-hybridized carbons (Fsp3) is 0.400. The molecule has 2 aliphatic rings. The molecule has 0 N–H and O–H groups in total. The lowest BCUT2D eigenvalue weighted by molar-refractivity contribution is -0.119. The van der Waals surface area contributed by atoms with E-state index in [1.165, 1.54) is 11.1 Å². The molecule has 4 rings (SSSR count). The molecule has 1 aromatic heterocycles. The molecule has 4 nitrogen and oxygen atoms in total. The quantitative estimate of drug-likeness (QED) is 0.872. The first kappa shape index (κ1) is 15.2. The summed E-state index contributed by atoms with van der Waals surface area (Å²) in [5.74, 6) is 1.14. The fourth-order valence-electron chi connectivity index (χ4n) is 4.27. The minimum atomic E-state index is 0.0857. The van der Waals surface area contributed by atoms with Crippen molar-refractivity contribution in [2.75, 3.05) is 30.9 Å². The number of carbonyl (C=O) groups is 1. The summed E-state index contributed by atoms with van der Waals surface area (Å²) in [5, 5.41) is 0. The number of pyridine rings is 1. The predicted molar refractivity (Wildman–Crippen MR) is 96.5 cm³/mol. The molecule has 124 valence electrons. The monoisotopic (exact) mass is 321 g/mol. The molecule has 2 aliphatic carbocycles. The molecule has 1 heterocycles. The largest absolute Gasteiger partial charge is 0.361 e. The molecule has 2 unspecified atom stereocenters. The Bertz CT molecular complexity index is 801. The Morgan fingerprint density at radius 1 is 1.17 bits per heavy atom. The van der Waals surface area contributed by atoms with Crippen LogP contribution in [0.1, 0.15) is 24.0 Å². The molecule has 1 amide bonds. The van der Waals surface area contributed by atoms with Crippen LogP contribution in [0, 0.1) is 5.92 Å². The van der Waals surface area contributed by atoms with Gasteiger partial charge in [-0.25, -0.2) is 4.98 Å². The van der Waals surface area contributed by atoms with Crippen molar-refractivity contribution in [3.8, 4) is 0 Å². The van der Waals surface area contributed by atoms with Gasteiger partial charge in [-0.2, -0.15) is 0 Å². The minimum absolute atomic E-state index is 0.0857. The second kappa shape index (κ2) is 5.33. The van der Waals surface area contributed by atoms with E-state index in [1.54, 1.807) is 11.1 Å². The lowest BCUT2D eigenvalue weighted by Gasteiger charge is -2.24. The Labute approximate surface area is 143 Å². The van der Waals surface area contributed by atoms with E-state index < -0.39 is 0 Å². The Balaban J connectivity index is 1.61. The number of fused-ring (bicyclic) bond motifs is 2. The average Bonchev–Trinajstić information content (AvgIpc) is 3.22. The van der Waals surface area contributed by atoms with Crippen molar-refractivity contribution < 1.29 is 4.79 Å². The molecule has 2 aromatic rings. The third-order valence-electron chi connectivity index (χ3n) is 5.65. The molecule has 0 saturated heterocycles. The number of aromatic nitrogens is 1. The summed E-state index contributed by atoms with van der Waals surface area (Å²) in [5.41, 5.74) is 3.78. The third-order valence-corrected chi connectivity index (χ3v) is 5.65. The van der Waals surface area contributed by atoms with Crippen LogP contribution in [0.2, 0.25) is 0 Å². The summed E-state index contributed by atoms with van der Waals surface area (Å²) in [6.45, 7) is 0. The van der Waals surface area contributed by atoms with Gasteiger partial charge in [-0.1, -0.05) is 24.3 Å². The molecule has 24 heavy (non-hydrogen) atoms. The topological polar surface area (TPSA) is 36.4 Å². The zero-order chi connectivity index (χ0) is 16.9. The maximum atomic E-state index is 13.1. The summed E-state index contributed by atoms with van der Waals surface area (Å²) in [7, 11) is 5.78. The van der Waals surface area contributed by atoms with E-state index in [0.717, 1.165) is 30.8 Å². The summed E-state index contributed by atoms with van der Waals surface area (Å²) < 4.78 is 0. The first-order valence-corrected chi connectivity index (χ1v) is 8.53. The van der Waals surface area contributed by atoms with Gasteiger partial charge in [0.1, 0.15) is 0 Å². The lowest BCUT2D eigenvalue weighted by Crippen LogP contribution is -2.32. The summed E-state index contributed by atoms with van der Waals surface area (Å²) >= 11 is 0. The van der Waals surface area contributed by atoms with Crippen LogP contribution in [0.4, 0.5) is 11.5 Å². The van der Waals surface area contributed by atoms with Crippen LogP contribution in [-0.4, -0.2) is 32.0 Å². The van der Waals surface area contributed by atoms with Gasteiger partial charge in [-0.3, -0.25) is 4.79 Å². The van der Waals surface area contributed by atoms with E-state index in [0.29, 0.717) is 0 Å². The van der Waals surface area contributed by atoms with Crippen molar-refractivity contribution in [2.24, 2.45) is 5.92 Å². The standard InChI is InChI=1S/C20H23N3O/c1-22(2)18-17(9-6-12-21-18)23(3)19(24)16-13-20(16)11-10-14-7-4-5-8-15(14)20/h4-9,12,16H,10-11,13H2,1-3H3. The van der Waals surface area contributed by atoms with E-state index in [2.05, 4.69) is 29.2 Å². The molecule has 0 radical (unpaired) electrons. The Morgan fingerprint density at radius 2 is 1.96 bits per heavy atom. The number of rotatable bonds is 3. The average molecular weight is 321 g/mol. The van der Waals surface area contributed by atoms with Crippen molar-refractivity contribution in [1.82, 2.24) is 4.98 Å². The Morgan fingerprint density at radius 3 is 2.75 bits per heavy atom. The van der Waals surface area contributed by atoms with Gasteiger partial charge in [0.05, 0.1) is 5.69 Å². The first-order valence-electron chi connectivity index (χ1n) is 8.53. The molecular weight excluding hydrogens is 298 g/mol. The number of amides is 1. The maximum Gasteiger partial charge on any atom is 0.230 e. The van der Waals surface area contributed by atoms with Gasteiger partial charge in [0.15, 0.2) is 5.82 Å². The van der Waals surface area contributed by atoms with Gasteiger partial charge in [-0.15, -0.1) is 0 Å². The highest BCUT2D eigenvalue weighted by Gasteiger charge is 2.62. The van der Waals surface area contributed by atoms with Crippen LogP contribution in [0.3, 0.4) is 0 Å². The zero-order valence-corrected chi connectivity index (χ0v) is 14.5. The van der Waals surface area contributed by atoms with E-state index in [4.69, 9.17) is 0 Å². The van der Waals surface area contributed by atoms with Crippen LogP contribution in [-0.2, 0) is 16.6 Å². The van der Waals surface area contributed by atoms with Crippen molar-refractivity contribution >= 4 is 17.4 Å². The molecule has 1 fully saturated rings. The third kappa shape index (κ3) is 2.13. The number of benzene rings is 1. The van der Waals surface area contributed by atoms with Gasteiger partial charge >= 0.3 is 0 Å².